The molecular formula is C30H40O2. The minimum absolute atomic E-state index is 0.148. The summed E-state index contributed by atoms with van der Waals surface area (Å²) in [5.74, 6) is 0.864. The summed E-state index contributed by atoms with van der Waals surface area (Å²) in [6, 6.07) is 4.02. The zero-order valence-electron chi connectivity index (χ0n) is 21.3. The largest absolute Gasteiger partial charge is 0.508 e. The standard InChI is InChI=1S/C30H40O2/c1-17-9-23(31)19(3)21(5)25(17)29-12-27(7)11-28(8,13-29)15-30(14-27,16-29)26-18(2)10-24(32)20(4)22(26)6/h9-10,31-32H,11-16H2,1-8H3. The molecule has 4 saturated carbocycles. The Labute approximate surface area is 194 Å². The van der Waals surface area contributed by atoms with E-state index in [2.05, 4.69) is 55.4 Å². The third-order valence-corrected chi connectivity index (χ3v) is 9.79. The van der Waals surface area contributed by atoms with Crippen LogP contribution in [-0.2, 0) is 10.8 Å². The van der Waals surface area contributed by atoms with Gasteiger partial charge in [-0.15, -0.1) is 0 Å². The van der Waals surface area contributed by atoms with Crippen molar-refractivity contribution >= 4 is 0 Å². The molecule has 2 nitrogen and oxygen atoms in total. The predicted octanol–water partition coefficient (Wildman–Crippen LogP) is 7.52. The Morgan fingerprint density at radius 1 is 0.531 bits per heavy atom. The molecule has 0 aliphatic heterocycles. The van der Waals surface area contributed by atoms with Crippen LogP contribution in [0.5, 0.6) is 11.5 Å². The fraction of sp³-hybridized carbons (Fsp3) is 0.600. The highest BCUT2D eigenvalue weighted by Crippen LogP contribution is 2.75. The summed E-state index contributed by atoms with van der Waals surface area (Å²) in [6.45, 7) is 18.1. The van der Waals surface area contributed by atoms with Gasteiger partial charge < -0.3 is 10.2 Å². The molecule has 0 unspecified atom stereocenters. The fourth-order valence-electron chi connectivity index (χ4n) is 9.98. The van der Waals surface area contributed by atoms with Gasteiger partial charge in [-0.2, -0.15) is 0 Å². The highest BCUT2D eigenvalue weighted by molar-refractivity contribution is 5.56. The van der Waals surface area contributed by atoms with Gasteiger partial charge in [0.1, 0.15) is 11.5 Å². The van der Waals surface area contributed by atoms with Crippen LogP contribution in [0.25, 0.3) is 0 Å². The van der Waals surface area contributed by atoms with Crippen molar-refractivity contribution in [2.45, 2.75) is 105 Å². The molecule has 2 N–H and O–H groups in total. The molecule has 4 aliphatic rings. The van der Waals surface area contributed by atoms with E-state index in [4.69, 9.17) is 0 Å². The molecule has 2 heteroatoms. The Balaban J connectivity index is 1.79. The van der Waals surface area contributed by atoms with Crippen LogP contribution >= 0.6 is 0 Å². The number of rotatable bonds is 2. The van der Waals surface area contributed by atoms with Gasteiger partial charge in [0.05, 0.1) is 0 Å². The summed E-state index contributed by atoms with van der Waals surface area (Å²) in [6.07, 6.45) is 7.49. The first kappa shape index (κ1) is 21.9. The van der Waals surface area contributed by atoms with E-state index in [0.717, 1.165) is 11.1 Å². The molecular weight excluding hydrogens is 392 g/mol. The van der Waals surface area contributed by atoms with Crippen LogP contribution in [0.2, 0.25) is 0 Å². The summed E-state index contributed by atoms with van der Waals surface area (Å²) in [5, 5.41) is 21.0. The van der Waals surface area contributed by atoms with Crippen molar-refractivity contribution in [1.82, 2.24) is 0 Å². The van der Waals surface area contributed by atoms with Gasteiger partial charge in [-0.25, -0.2) is 0 Å². The number of phenolic OH excluding ortho intramolecular Hbond substituents is 2. The highest BCUT2D eigenvalue weighted by atomic mass is 16.3. The SMILES string of the molecule is Cc1cc(O)c(C)c(C)c1C12CC3(C)CC(C)(C1)CC(c1c(C)cc(O)c(C)c1C)(C3)C2. The molecule has 0 aromatic heterocycles. The minimum atomic E-state index is 0.148. The lowest BCUT2D eigenvalue weighted by Crippen LogP contribution is -2.63. The van der Waals surface area contributed by atoms with Gasteiger partial charge in [-0.1, -0.05) is 13.8 Å². The Hall–Kier alpha value is -1.96. The van der Waals surface area contributed by atoms with Gasteiger partial charge in [-0.05, 0) is 158 Å². The highest BCUT2D eigenvalue weighted by Gasteiger charge is 2.67. The Morgan fingerprint density at radius 2 is 0.875 bits per heavy atom. The maximum absolute atomic E-state index is 10.5. The average molecular weight is 433 g/mol. The first-order valence-electron chi connectivity index (χ1n) is 12.3. The van der Waals surface area contributed by atoms with Crippen LogP contribution in [0.15, 0.2) is 12.1 Å². The molecule has 0 heterocycles. The molecule has 0 atom stereocenters. The maximum Gasteiger partial charge on any atom is 0.119 e. The number of aromatic hydroxyl groups is 2. The van der Waals surface area contributed by atoms with Gasteiger partial charge in [0.15, 0.2) is 0 Å². The van der Waals surface area contributed by atoms with E-state index in [1.165, 1.54) is 71.9 Å². The summed E-state index contributed by atoms with van der Waals surface area (Å²) in [4.78, 5) is 0. The lowest BCUT2D eigenvalue weighted by atomic mass is 9.33. The normalized spacial score (nSPS) is 35.5. The summed E-state index contributed by atoms with van der Waals surface area (Å²) in [5.41, 5.74) is 11.1. The van der Waals surface area contributed by atoms with Gasteiger partial charge in [-0.3, -0.25) is 0 Å². The van der Waals surface area contributed by atoms with Crippen LogP contribution in [-0.4, -0.2) is 10.2 Å². The molecule has 4 bridgehead atoms. The van der Waals surface area contributed by atoms with Crippen molar-refractivity contribution in [3.63, 3.8) is 0 Å². The van der Waals surface area contributed by atoms with E-state index in [1.807, 2.05) is 12.1 Å². The Morgan fingerprint density at radius 3 is 1.22 bits per heavy atom. The fourth-order valence-corrected chi connectivity index (χ4v) is 9.98. The zero-order chi connectivity index (χ0) is 23.4. The predicted molar refractivity (Wildman–Crippen MR) is 132 cm³/mol. The van der Waals surface area contributed by atoms with E-state index < -0.39 is 0 Å². The van der Waals surface area contributed by atoms with Crippen LogP contribution in [0.3, 0.4) is 0 Å². The number of benzene rings is 2. The van der Waals surface area contributed by atoms with Crippen molar-refractivity contribution in [3.05, 3.63) is 56.6 Å². The molecule has 0 radical (unpaired) electrons. The second-order valence-electron chi connectivity index (χ2n) is 12.9. The molecule has 32 heavy (non-hydrogen) atoms. The molecule has 2 aromatic carbocycles. The smallest absolute Gasteiger partial charge is 0.119 e. The van der Waals surface area contributed by atoms with E-state index >= 15 is 0 Å². The number of hydrogen-bond acceptors (Lipinski definition) is 2. The Kier molecular flexibility index (Phi) is 4.33. The second kappa shape index (κ2) is 6.33. The molecule has 172 valence electrons. The third kappa shape index (κ3) is 2.77. The van der Waals surface area contributed by atoms with E-state index in [9.17, 15) is 10.2 Å². The number of phenols is 2. The monoisotopic (exact) mass is 432 g/mol. The van der Waals surface area contributed by atoms with Gasteiger partial charge in [0.25, 0.3) is 0 Å². The Bertz CT molecular complexity index is 1050. The van der Waals surface area contributed by atoms with Crippen LogP contribution < -0.4 is 0 Å². The maximum atomic E-state index is 10.5. The first-order chi connectivity index (χ1) is 14.7. The topological polar surface area (TPSA) is 40.5 Å². The summed E-state index contributed by atoms with van der Waals surface area (Å²) in [7, 11) is 0. The van der Waals surface area contributed by atoms with Crippen molar-refractivity contribution in [3.8, 4) is 11.5 Å². The van der Waals surface area contributed by atoms with Crippen LogP contribution in [0.1, 0.15) is 96.9 Å². The van der Waals surface area contributed by atoms with Crippen molar-refractivity contribution < 1.29 is 10.2 Å². The van der Waals surface area contributed by atoms with Crippen LogP contribution in [0, 0.1) is 52.4 Å². The van der Waals surface area contributed by atoms with E-state index in [1.54, 1.807) is 0 Å². The van der Waals surface area contributed by atoms with Gasteiger partial charge in [0.2, 0.25) is 0 Å². The van der Waals surface area contributed by atoms with E-state index in [0.29, 0.717) is 22.3 Å². The quantitative estimate of drug-likeness (QED) is 0.515. The lowest BCUT2D eigenvalue weighted by molar-refractivity contribution is -0.127. The lowest BCUT2D eigenvalue weighted by Gasteiger charge is -2.70. The van der Waals surface area contributed by atoms with Crippen LogP contribution in [0.4, 0.5) is 0 Å². The molecule has 4 fully saturated rings. The first-order valence-corrected chi connectivity index (χ1v) is 12.3. The van der Waals surface area contributed by atoms with E-state index in [-0.39, 0.29) is 10.8 Å². The molecule has 0 amide bonds. The van der Waals surface area contributed by atoms with Crippen molar-refractivity contribution in [2.75, 3.05) is 0 Å². The molecule has 6 rings (SSSR count). The number of hydrogen-bond donors (Lipinski definition) is 2. The molecule has 0 spiro atoms. The van der Waals surface area contributed by atoms with Gasteiger partial charge >= 0.3 is 0 Å². The summed E-state index contributed by atoms with van der Waals surface area (Å²) >= 11 is 0. The molecule has 2 aromatic rings. The molecule has 0 saturated heterocycles. The molecule has 4 aliphatic carbocycles. The zero-order valence-corrected chi connectivity index (χ0v) is 21.3. The third-order valence-electron chi connectivity index (χ3n) is 9.79. The second-order valence-corrected chi connectivity index (χ2v) is 12.9. The van der Waals surface area contributed by atoms with Crippen molar-refractivity contribution in [1.29, 1.82) is 0 Å². The van der Waals surface area contributed by atoms with Crippen molar-refractivity contribution in [2.24, 2.45) is 10.8 Å². The average Bonchev–Trinajstić information content (AvgIpc) is 2.61. The number of aryl methyl sites for hydroxylation is 2. The minimum Gasteiger partial charge on any atom is -0.508 e. The van der Waals surface area contributed by atoms with Gasteiger partial charge in [0, 0.05) is 0 Å². The summed E-state index contributed by atoms with van der Waals surface area (Å²) < 4.78 is 0.